The van der Waals surface area contributed by atoms with Gasteiger partial charge in [-0.15, -0.1) is 0 Å². The second-order valence-corrected chi connectivity index (χ2v) is 7.64. The molecular weight excluding hydrogens is 330 g/mol. The molecule has 2 aromatic rings. The summed E-state index contributed by atoms with van der Waals surface area (Å²) >= 11 is 0. The van der Waals surface area contributed by atoms with E-state index in [9.17, 15) is 13.2 Å². The van der Waals surface area contributed by atoms with Crippen LogP contribution in [0.25, 0.3) is 5.82 Å². The number of primary sulfonamides is 1. The molecule has 128 valence electrons. The first-order valence-electron chi connectivity index (χ1n) is 7.61. The minimum atomic E-state index is -3.52. The van der Waals surface area contributed by atoms with Crippen molar-refractivity contribution < 1.29 is 13.2 Å². The minimum Gasteiger partial charge on any atom is -0.338 e. The predicted octanol–water partition coefficient (Wildman–Crippen LogP) is 0.326. The molecule has 1 atom stereocenters. The average molecular weight is 349 g/mol. The van der Waals surface area contributed by atoms with E-state index in [2.05, 4.69) is 10.1 Å². The highest BCUT2D eigenvalue weighted by molar-refractivity contribution is 7.89. The van der Waals surface area contributed by atoms with Crippen molar-refractivity contribution >= 4 is 15.9 Å². The zero-order valence-electron chi connectivity index (χ0n) is 13.3. The van der Waals surface area contributed by atoms with Crippen molar-refractivity contribution in [3.8, 4) is 5.82 Å². The fraction of sp³-hybridized carbons (Fsp3) is 0.400. The molecule has 0 aliphatic carbocycles. The number of amides is 1. The quantitative estimate of drug-likeness (QED) is 0.855. The molecule has 3 heterocycles. The SMILES string of the molecule is Cc1c(C(=O)N2CC[C@H](CS(N)(=O)=O)C2)cnn1-c1ccccn1. The van der Waals surface area contributed by atoms with Crippen molar-refractivity contribution in [2.24, 2.45) is 11.1 Å². The van der Waals surface area contributed by atoms with Crippen molar-refractivity contribution in [1.82, 2.24) is 19.7 Å². The van der Waals surface area contributed by atoms with E-state index >= 15 is 0 Å². The molecule has 0 aromatic carbocycles. The highest BCUT2D eigenvalue weighted by Gasteiger charge is 2.30. The maximum absolute atomic E-state index is 12.7. The molecular formula is C15H19N5O3S. The number of rotatable bonds is 4. The number of pyridine rings is 1. The Labute approximate surface area is 140 Å². The predicted molar refractivity (Wildman–Crippen MR) is 88.1 cm³/mol. The first-order chi connectivity index (χ1) is 11.3. The Morgan fingerprint density at radius 1 is 1.42 bits per heavy atom. The molecule has 0 unspecified atom stereocenters. The molecule has 1 saturated heterocycles. The summed E-state index contributed by atoms with van der Waals surface area (Å²) in [5, 5.41) is 9.34. The number of carbonyl (C=O) groups excluding carboxylic acids is 1. The third kappa shape index (κ3) is 3.46. The lowest BCUT2D eigenvalue weighted by molar-refractivity contribution is 0.0787. The van der Waals surface area contributed by atoms with Crippen LogP contribution in [0.15, 0.2) is 30.6 Å². The van der Waals surface area contributed by atoms with Crippen molar-refractivity contribution in [2.75, 3.05) is 18.8 Å². The molecule has 8 nitrogen and oxygen atoms in total. The summed E-state index contributed by atoms with van der Waals surface area (Å²) in [5.41, 5.74) is 1.20. The number of hydrogen-bond donors (Lipinski definition) is 1. The molecule has 3 rings (SSSR count). The van der Waals surface area contributed by atoms with Crippen molar-refractivity contribution in [3.05, 3.63) is 41.9 Å². The Kier molecular flexibility index (Phi) is 4.37. The third-order valence-corrected chi connectivity index (χ3v) is 5.08. The second-order valence-electron chi connectivity index (χ2n) is 5.98. The van der Waals surface area contributed by atoms with Crippen LogP contribution in [0.5, 0.6) is 0 Å². The number of sulfonamides is 1. The number of carbonyl (C=O) groups is 1. The van der Waals surface area contributed by atoms with Gasteiger partial charge < -0.3 is 4.90 Å². The average Bonchev–Trinajstić information content (AvgIpc) is 3.13. The number of likely N-dealkylation sites (tertiary alicyclic amines) is 1. The lowest BCUT2D eigenvalue weighted by atomic mass is 10.2. The van der Waals surface area contributed by atoms with Crippen LogP contribution in [0.2, 0.25) is 0 Å². The van der Waals surface area contributed by atoms with Crippen LogP contribution in [-0.2, 0) is 10.0 Å². The lowest BCUT2D eigenvalue weighted by Crippen LogP contribution is -2.31. The summed E-state index contributed by atoms with van der Waals surface area (Å²) in [5.74, 6) is 0.285. The van der Waals surface area contributed by atoms with E-state index in [0.29, 0.717) is 36.6 Å². The summed E-state index contributed by atoms with van der Waals surface area (Å²) in [6.45, 7) is 2.73. The van der Waals surface area contributed by atoms with Crippen LogP contribution < -0.4 is 5.14 Å². The van der Waals surface area contributed by atoms with Gasteiger partial charge in [0.15, 0.2) is 5.82 Å². The van der Waals surface area contributed by atoms with E-state index in [1.165, 1.54) is 6.20 Å². The molecule has 1 aliphatic heterocycles. The Bertz CT molecular complexity index is 847. The second kappa shape index (κ2) is 6.33. The molecule has 1 amide bonds. The maximum atomic E-state index is 12.7. The van der Waals surface area contributed by atoms with Crippen LogP contribution in [0.1, 0.15) is 22.5 Å². The molecule has 0 spiro atoms. The number of nitrogens with two attached hydrogens (primary N) is 1. The summed E-state index contributed by atoms with van der Waals surface area (Å²) in [6, 6.07) is 5.47. The van der Waals surface area contributed by atoms with E-state index in [4.69, 9.17) is 5.14 Å². The standard InChI is InChI=1S/C15H19N5O3S/c1-11-13(8-18-20(11)14-4-2-3-6-17-14)15(21)19-7-5-12(9-19)10-24(16,22)23/h2-4,6,8,12H,5,7,9-10H2,1H3,(H2,16,22,23)/t12-/m0/s1. The van der Waals surface area contributed by atoms with Gasteiger partial charge in [0.1, 0.15) is 0 Å². The van der Waals surface area contributed by atoms with Gasteiger partial charge in [-0.1, -0.05) is 6.07 Å². The van der Waals surface area contributed by atoms with Gasteiger partial charge >= 0.3 is 0 Å². The first-order valence-corrected chi connectivity index (χ1v) is 9.32. The number of hydrogen-bond acceptors (Lipinski definition) is 5. The summed E-state index contributed by atoms with van der Waals surface area (Å²) in [6.07, 6.45) is 3.82. The topological polar surface area (TPSA) is 111 Å². The Morgan fingerprint density at radius 2 is 2.21 bits per heavy atom. The zero-order valence-corrected chi connectivity index (χ0v) is 14.1. The molecule has 1 fully saturated rings. The largest absolute Gasteiger partial charge is 0.338 e. The van der Waals surface area contributed by atoms with Crippen LogP contribution >= 0.6 is 0 Å². The Morgan fingerprint density at radius 3 is 2.88 bits per heavy atom. The number of aromatic nitrogens is 3. The van der Waals surface area contributed by atoms with Gasteiger partial charge in [-0.25, -0.2) is 23.2 Å². The third-order valence-electron chi connectivity index (χ3n) is 4.15. The Balaban J connectivity index is 1.76. The summed E-state index contributed by atoms with van der Waals surface area (Å²) in [7, 11) is -3.52. The van der Waals surface area contributed by atoms with Gasteiger partial charge in [0.25, 0.3) is 5.91 Å². The van der Waals surface area contributed by atoms with E-state index < -0.39 is 10.0 Å². The van der Waals surface area contributed by atoms with Crippen molar-refractivity contribution in [3.63, 3.8) is 0 Å². The summed E-state index contributed by atoms with van der Waals surface area (Å²) in [4.78, 5) is 18.6. The molecule has 24 heavy (non-hydrogen) atoms. The molecule has 9 heteroatoms. The van der Waals surface area contributed by atoms with Crippen molar-refractivity contribution in [1.29, 1.82) is 0 Å². The van der Waals surface area contributed by atoms with Gasteiger partial charge in [0.05, 0.1) is 23.2 Å². The fourth-order valence-electron chi connectivity index (χ4n) is 2.98. The lowest BCUT2D eigenvalue weighted by Gasteiger charge is -2.16. The van der Waals surface area contributed by atoms with E-state index in [-0.39, 0.29) is 17.6 Å². The van der Waals surface area contributed by atoms with Crippen molar-refractivity contribution in [2.45, 2.75) is 13.3 Å². The van der Waals surface area contributed by atoms with Gasteiger partial charge in [0.2, 0.25) is 10.0 Å². The Hall–Kier alpha value is -2.26. The van der Waals surface area contributed by atoms with E-state index in [0.717, 1.165) is 0 Å². The smallest absolute Gasteiger partial charge is 0.257 e. The maximum Gasteiger partial charge on any atom is 0.257 e. The van der Waals surface area contributed by atoms with Gasteiger partial charge in [-0.3, -0.25) is 4.79 Å². The zero-order chi connectivity index (χ0) is 17.3. The molecule has 2 N–H and O–H groups in total. The number of nitrogens with zero attached hydrogens (tertiary/aromatic N) is 4. The van der Waals surface area contributed by atoms with Crippen LogP contribution in [0.3, 0.4) is 0 Å². The molecule has 0 saturated carbocycles. The highest BCUT2D eigenvalue weighted by Crippen LogP contribution is 2.21. The van der Waals surface area contributed by atoms with E-state index in [1.54, 1.807) is 15.8 Å². The van der Waals surface area contributed by atoms with Gasteiger partial charge in [-0.2, -0.15) is 5.10 Å². The molecule has 1 aliphatic rings. The first kappa shape index (κ1) is 16.6. The van der Waals surface area contributed by atoms with Crippen LogP contribution in [-0.4, -0.2) is 52.8 Å². The molecule has 2 aromatic heterocycles. The normalized spacial score (nSPS) is 18.1. The van der Waals surface area contributed by atoms with Crippen LogP contribution in [0, 0.1) is 12.8 Å². The van der Waals surface area contributed by atoms with Gasteiger partial charge in [-0.05, 0) is 31.4 Å². The monoisotopic (exact) mass is 349 g/mol. The summed E-state index contributed by atoms with van der Waals surface area (Å²) < 4.78 is 24.0. The highest BCUT2D eigenvalue weighted by atomic mass is 32.2. The molecule has 0 radical (unpaired) electrons. The van der Waals surface area contributed by atoms with Gasteiger partial charge in [0, 0.05) is 19.3 Å². The van der Waals surface area contributed by atoms with Crippen LogP contribution in [0.4, 0.5) is 0 Å². The van der Waals surface area contributed by atoms with E-state index in [1.807, 2.05) is 25.1 Å². The fourth-order valence-corrected chi connectivity index (χ4v) is 3.91. The minimum absolute atomic E-state index is 0.0943. The molecule has 0 bridgehead atoms.